The summed E-state index contributed by atoms with van der Waals surface area (Å²) >= 11 is 5.99. The van der Waals surface area contributed by atoms with E-state index in [-0.39, 0.29) is 5.28 Å². The number of benzene rings is 2. The van der Waals surface area contributed by atoms with Gasteiger partial charge in [0.05, 0.1) is 0 Å². The van der Waals surface area contributed by atoms with Gasteiger partial charge in [0, 0.05) is 34.4 Å². The van der Waals surface area contributed by atoms with Crippen molar-refractivity contribution in [3.8, 4) is 0 Å². The minimum Gasteiger partial charge on any atom is -0.465 e. The number of amides is 2. The molecule has 0 fully saturated rings. The third kappa shape index (κ3) is 8.58. The molecular weight excluding hydrogens is 518 g/mol. The highest BCUT2D eigenvalue weighted by Gasteiger charge is 2.28. The second kappa shape index (κ2) is 11.9. The fourth-order valence-electron chi connectivity index (χ4n) is 4.01. The van der Waals surface area contributed by atoms with Crippen LogP contribution in [0.25, 0.3) is 0 Å². The van der Waals surface area contributed by atoms with Gasteiger partial charge in [-0.1, -0.05) is 12.1 Å². The third-order valence-electron chi connectivity index (χ3n) is 5.66. The fourth-order valence-corrected chi connectivity index (χ4v) is 4.15. The Bertz CT molecular complexity index is 1350. The number of nitrogens with one attached hydrogen (secondary N) is 2. The van der Waals surface area contributed by atoms with E-state index in [1.165, 1.54) is 4.90 Å². The van der Waals surface area contributed by atoms with E-state index in [1.54, 1.807) is 33.0 Å². The van der Waals surface area contributed by atoms with Crippen molar-refractivity contribution in [2.24, 2.45) is 0 Å². The molecule has 0 aliphatic carbocycles. The van der Waals surface area contributed by atoms with Crippen LogP contribution in [0.1, 0.15) is 58.2 Å². The van der Waals surface area contributed by atoms with Gasteiger partial charge in [-0.25, -0.2) is 19.6 Å². The van der Waals surface area contributed by atoms with E-state index in [0.717, 1.165) is 22.4 Å². The molecule has 9 nitrogen and oxygen atoms in total. The fraction of sp³-hybridized carbons (Fsp3) is 0.379. The summed E-state index contributed by atoms with van der Waals surface area (Å²) in [6, 6.07) is 13.1. The van der Waals surface area contributed by atoms with Crippen LogP contribution in [0, 0.1) is 6.92 Å². The number of rotatable bonds is 7. The van der Waals surface area contributed by atoms with Crippen molar-refractivity contribution in [3.05, 3.63) is 70.6 Å². The number of aryl methyl sites for hydroxylation is 3. The summed E-state index contributed by atoms with van der Waals surface area (Å²) in [5.41, 5.74) is 3.39. The molecule has 0 bridgehead atoms. The lowest BCUT2D eigenvalue weighted by Gasteiger charge is -2.33. The topological polar surface area (TPSA) is 117 Å². The van der Waals surface area contributed by atoms with Crippen LogP contribution < -0.4 is 15.5 Å². The average molecular weight is 554 g/mol. The lowest BCUT2D eigenvalue weighted by Crippen LogP contribution is -2.45. The Morgan fingerprint density at radius 2 is 1.77 bits per heavy atom. The number of halogens is 1. The number of aromatic nitrogens is 2. The smallest absolute Gasteiger partial charge is 0.412 e. The molecule has 0 unspecified atom stereocenters. The molecule has 3 N–H and O–H groups in total. The number of nitrogens with zero attached hydrogens (tertiary/aromatic N) is 3. The van der Waals surface area contributed by atoms with Crippen LogP contribution in [0.4, 0.5) is 32.5 Å². The van der Waals surface area contributed by atoms with E-state index in [2.05, 4.69) is 20.6 Å². The summed E-state index contributed by atoms with van der Waals surface area (Å²) in [5.74, 6) is 0.581. The Morgan fingerprint density at radius 1 is 1.05 bits per heavy atom. The van der Waals surface area contributed by atoms with E-state index in [0.29, 0.717) is 30.0 Å². The second-order valence-electron chi connectivity index (χ2n) is 11.3. The monoisotopic (exact) mass is 553 g/mol. The Kier molecular flexibility index (Phi) is 9.07. The summed E-state index contributed by atoms with van der Waals surface area (Å²) in [6.45, 7) is 12.9. The van der Waals surface area contributed by atoms with Gasteiger partial charge in [-0.2, -0.15) is 0 Å². The minimum atomic E-state index is -1.01. The summed E-state index contributed by atoms with van der Waals surface area (Å²) in [6.07, 6.45) is 1.25. The highest BCUT2D eigenvalue weighted by Crippen LogP contribution is 2.28. The number of carbonyl (C=O) groups excluding carboxylic acids is 1. The average Bonchev–Trinajstić information content (AvgIpc) is 2.79. The maximum Gasteiger partial charge on any atom is 0.412 e. The van der Waals surface area contributed by atoms with Crippen molar-refractivity contribution in [1.29, 1.82) is 0 Å². The number of hydrogen-bond donors (Lipinski definition) is 3. The number of hydrogen-bond acceptors (Lipinski definition) is 6. The summed E-state index contributed by atoms with van der Waals surface area (Å²) in [4.78, 5) is 34.1. The quantitative estimate of drug-likeness (QED) is 0.258. The molecule has 0 aliphatic rings. The number of anilines is 4. The van der Waals surface area contributed by atoms with Gasteiger partial charge in [0.25, 0.3) is 0 Å². The van der Waals surface area contributed by atoms with Gasteiger partial charge in [0.1, 0.15) is 11.4 Å². The molecule has 2 amide bonds. The molecule has 0 saturated carbocycles. The molecule has 0 saturated heterocycles. The maximum absolute atomic E-state index is 12.5. The van der Waals surface area contributed by atoms with Gasteiger partial charge in [-0.3, -0.25) is 10.2 Å². The Balaban J connectivity index is 1.90. The zero-order valence-electron chi connectivity index (χ0n) is 23.4. The molecular formula is C29H36ClN5O4. The van der Waals surface area contributed by atoms with Crippen LogP contribution >= 0.6 is 11.6 Å². The van der Waals surface area contributed by atoms with Gasteiger partial charge in [-0.05, 0) is 114 Å². The van der Waals surface area contributed by atoms with Crippen molar-refractivity contribution in [2.75, 3.05) is 15.5 Å². The van der Waals surface area contributed by atoms with Gasteiger partial charge in [0.2, 0.25) is 5.28 Å². The minimum absolute atomic E-state index is 0.136. The normalized spacial score (nSPS) is 11.6. The van der Waals surface area contributed by atoms with Crippen molar-refractivity contribution in [3.63, 3.8) is 0 Å². The van der Waals surface area contributed by atoms with Crippen LogP contribution in [0.2, 0.25) is 5.28 Å². The zero-order chi connectivity index (χ0) is 29.0. The molecule has 10 heteroatoms. The highest BCUT2D eigenvalue weighted by molar-refractivity contribution is 6.28. The molecule has 1 heterocycles. The predicted octanol–water partition coefficient (Wildman–Crippen LogP) is 7.60. The van der Waals surface area contributed by atoms with E-state index in [9.17, 15) is 14.7 Å². The molecule has 0 spiro atoms. The van der Waals surface area contributed by atoms with E-state index in [4.69, 9.17) is 16.3 Å². The SMILES string of the molecule is Cc1cnc(Cl)nc1Nc1ccc(NC(=O)OC(C)(C)C)c(CCc2cccc(N(C(=O)O)C(C)(C)C)c2)c1. The van der Waals surface area contributed by atoms with Gasteiger partial charge < -0.3 is 15.2 Å². The molecule has 1 aromatic heterocycles. The van der Waals surface area contributed by atoms with Crippen molar-refractivity contribution in [2.45, 2.75) is 72.4 Å². The van der Waals surface area contributed by atoms with Crippen molar-refractivity contribution in [1.82, 2.24) is 9.97 Å². The maximum atomic E-state index is 12.5. The van der Waals surface area contributed by atoms with Crippen LogP contribution in [0.3, 0.4) is 0 Å². The van der Waals surface area contributed by atoms with Crippen LogP contribution in [-0.2, 0) is 17.6 Å². The van der Waals surface area contributed by atoms with Crippen LogP contribution in [0.5, 0.6) is 0 Å². The third-order valence-corrected chi connectivity index (χ3v) is 5.84. The standard InChI is InChI=1S/C29H36ClN5O4/c1-18-17-31-25(30)34-24(18)32-21-13-14-23(33-26(36)39-29(5,6)7)20(16-21)12-11-19-9-8-10-22(15-19)35(27(37)38)28(2,3)4/h8-10,13-17H,11-12H2,1-7H3,(H,33,36)(H,37,38)(H,31,32,34). The zero-order valence-corrected chi connectivity index (χ0v) is 24.2. The summed E-state index contributed by atoms with van der Waals surface area (Å²) in [7, 11) is 0. The van der Waals surface area contributed by atoms with Crippen molar-refractivity contribution < 1.29 is 19.4 Å². The molecule has 0 atom stereocenters. The first-order valence-corrected chi connectivity index (χ1v) is 13.0. The number of carbonyl (C=O) groups is 2. The first-order chi connectivity index (χ1) is 18.1. The molecule has 0 radical (unpaired) electrons. The van der Waals surface area contributed by atoms with E-state index >= 15 is 0 Å². The molecule has 39 heavy (non-hydrogen) atoms. The first-order valence-electron chi connectivity index (χ1n) is 12.6. The number of carboxylic acid groups (broad SMARTS) is 1. The highest BCUT2D eigenvalue weighted by atomic mass is 35.5. The Labute approximate surface area is 234 Å². The van der Waals surface area contributed by atoms with Crippen LogP contribution in [0.15, 0.2) is 48.7 Å². The van der Waals surface area contributed by atoms with Gasteiger partial charge in [-0.15, -0.1) is 0 Å². The molecule has 2 aromatic carbocycles. The molecule has 208 valence electrons. The number of ether oxygens (including phenoxy) is 1. The lowest BCUT2D eigenvalue weighted by atomic mass is 10.00. The van der Waals surface area contributed by atoms with Gasteiger partial charge in [0.15, 0.2) is 0 Å². The summed E-state index contributed by atoms with van der Waals surface area (Å²) < 4.78 is 5.45. The van der Waals surface area contributed by atoms with Crippen LogP contribution in [-0.4, -0.2) is 38.4 Å². The Hall–Kier alpha value is -3.85. The largest absolute Gasteiger partial charge is 0.465 e. The molecule has 3 rings (SSSR count). The second-order valence-corrected chi connectivity index (χ2v) is 11.6. The first kappa shape index (κ1) is 29.7. The Morgan fingerprint density at radius 3 is 2.41 bits per heavy atom. The molecule has 0 aliphatic heterocycles. The van der Waals surface area contributed by atoms with Gasteiger partial charge >= 0.3 is 12.2 Å². The lowest BCUT2D eigenvalue weighted by molar-refractivity contribution is 0.0635. The molecule has 3 aromatic rings. The van der Waals surface area contributed by atoms with Crippen molar-refractivity contribution >= 4 is 46.7 Å². The summed E-state index contributed by atoms with van der Waals surface area (Å²) in [5, 5.41) is 16.1. The van der Waals surface area contributed by atoms with E-state index in [1.807, 2.05) is 64.1 Å². The van der Waals surface area contributed by atoms with E-state index < -0.39 is 23.3 Å². The predicted molar refractivity (Wildman–Crippen MR) is 155 cm³/mol.